The molecule has 1 spiro atoms. The van der Waals surface area contributed by atoms with Crippen LogP contribution in [0.25, 0.3) is 0 Å². The summed E-state index contributed by atoms with van der Waals surface area (Å²) < 4.78 is 10.7. The summed E-state index contributed by atoms with van der Waals surface area (Å²) in [6.07, 6.45) is 5.20. The van der Waals surface area contributed by atoms with E-state index in [9.17, 15) is 9.90 Å². The lowest BCUT2D eigenvalue weighted by Crippen LogP contribution is -2.62. The van der Waals surface area contributed by atoms with Crippen LogP contribution >= 0.6 is 0 Å². The van der Waals surface area contributed by atoms with Crippen molar-refractivity contribution in [2.45, 2.75) is 38.4 Å². The molecule has 2 unspecified atom stereocenters. The van der Waals surface area contributed by atoms with Gasteiger partial charge in [0.2, 0.25) is 0 Å². The van der Waals surface area contributed by atoms with Gasteiger partial charge in [-0.05, 0) is 25.8 Å². The van der Waals surface area contributed by atoms with E-state index in [1.165, 1.54) is 12.5 Å². The first-order valence-electron chi connectivity index (χ1n) is 7.28. The van der Waals surface area contributed by atoms with E-state index in [1.807, 2.05) is 11.8 Å². The number of amides is 1. The maximum atomic E-state index is 12.2. The highest BCUT2D eigenvalue weighted by molar-refractivity contribution is 5.93. The van der Waals surface area contributed by atoms with Gasteiger partial charge in [0.05, 0.1) is 24.0 Å². The second-order valence-corrected chi connectivity index (χ2v) is 5.73. The van der Waals surface area contributed by atoms with Crippen molar-refractivity contribution >= 4 is 5.91 Å². The Balaban J connectivity index is 1.63. The summed E-state index contributed by atoms with van der Waals surface area (Å²) in [5, 5.41) is 10.1. The van der Waals surface area contributed by atoms with Gasteiger partial charge in [-0.15, -0.1) is 0 Å². The SMILES string of the molecule is CCOC1CC(O)C12CCN(C(=O)c1ccoc1)CC2. The first-order valence-corrected chi connectivity index (χ1v) is 7.28. The smallest absolute Gasteiger partial charge is 0.257 e. The number of nitrogens with zero attached hydrogens (tertiary/aromatic N) is 1. The summed E-state index contributed by atoms with van der Waals surface area (Å²) in [4.78, 5) is 14.1. The molecule has 1 saturated heterocycles. The zero-order valence-electron chi connectivity index (χ0n) is 11.7. The van der Waals surface area contributed by atoms with Gasteiger partial charge in [0.1, 0.15) is 6.26 Å². The highest BCUT2D eigenvalue weighted by Gasteiger charge is 2.56. The number of aliphatic hydroxyl groups excluding tert-OH is 1. The third-order valence-electron chi connectivity index (χ3n) is 4.86. The van der Waals surface area contributed by atoms with Crippen molar-refractivity contribution in [2.75, 3.05) is 19.7 Å². The van der Waals surface area contributed by atoms with Crippen LogP contribution in [0.1, 0.15) is 36.5 Å². The molecule has 3 rings (SSSR count). The van der Waals surface area contributed by atoms with Crippen LogP contribution in [0, 0.1) is 5.41 Å². The van der Waals surface area contributed by atoms with Crippen LogP contribution in [0.3, 0.4) is 0 Å². The van der Waals surface area contributed by atoms with Gasteiger partial charge >= 0.3 is 0 Å². The van der Waals surface area contributed by atoms with Crippen molar-refractivity contribution < 1.29 is 19.1 Å². The second-order valence-electron chi connectivity index (χ2n) is 5.73. The molecular formula is C15H21NO4. The van der Waals surface area contributed by atoms with Crippen LogP contribution in [0.15, 0.2) is 23.0 Å². The number of likely N-dealkylation sites (tertiary alicyclic amines) is 1. The number of ether oxygens (including phenoxy) is 1. The van der Waals surface area contributed by atoms with Gasteiger partial charge in [0.25, 0.3) is 5.91 Å². The summed E-state index contributed by atoms with van der Waals surface area (Å²) >= 11 is 0. The Morgan fingerprint density at radius 3 is 2.85 bits per heavy atom. The molecular weight excluding hydrogens is 258 g/mol. The number of piperidine rings is 1. The van der Waals surface area contributed by atoms with Gasteiger partial charge in [0, 0.05) is 31.5 Å². The summed E-state index contributed by atoms with van der Waals surface area (Å²) in [5.74, 6) is 0.00960. The highest BCUT2D eigenvalue weighted by Crippen LogP contribution is 2.51. The lowest BCUT2D eigenvalue weighted by atomic mass is 9.58. The maximum absolute atomic E-state index is 12.2. The molecule has 1 aliphatic heterocycles. The van der Waals surface area contributed by atoms with E-state index in [4.69, 9.17) is 9.15 Å². The molecule has 0 radical (unpaired) electrons. The van der Waals surface area contributed by atoms with Crippen LogP contribution in [-0.4, -0.2) is 47.8 Å². The quantitative estimate of drug-likeness (QED) is 0.914. The average Bonchev–Trinajstić information content (AvgIpc) is 3.01. The fourth-order valence-corrected chi connectivity index (χ4v) is 3.51. The van der Waals surface area contributed by atoms with Gasteiger partial charge in [0.15, 0.2) is 0 Å². The molecule has 2 atom stereocenters. The van der Waals surface area contributed by atoms with Crippen LogP contribution in [0.5, 0.6) is 0 Å². The number of furan rings is 1. The van der Waals surface area contributed by atoms with Crippen LogP contribution < -0.4 is 0 Å². The summed E-state index contributed by atoms with van der Waals surface area (Å²) in [5.41, 5.74) is 0.458. The number of hydrogen-bond donors (Lipinski definition) is 1. The van der Waals surface area contributed by atoms with Crippen LogP contribution in [0.4, 0.5) is 0 Å². The molecule has 110 valence electrons. The minimum Gasteiger partial charge on any atom is -0.472 e. The molecule has 0 bridgehead atoms. The topological polar surface area (TPSA) is 62.9 Å². The zero-order valence-corrected chi connectivity index (χ0v) is 11.7. The van der Waals surface area contributed by atoms with Crippen molar-refractivity contribution in [3.63, 3.8) is 0 Å². The first kappa shape index (κ1) is 13.6. The molecule has 2 fully saturated rings. The number of carbonyl (C=O) groups is 1. The van der Waals surface area contributed by atoms with Crippen molar-refractivity contribution in [3.05, 3.63) is 24.2 Å². The van der Waals surface area contributed by atoms with Gasteiger partial charge in [-0.3, -0.25) is 4.79 Å². The fraction of sp³-hybridized carbons (Fsp3) is 0.667. The van der Waals surface area contributed by atoms with E-state index in [0.29, 0.717) is 25.3 Å². The van der Waals surface area contributed by atoms with Gasteiger partial charge in [-0.25, -0.2) is 0 Å². The van der Waals surface area contributed by atoms with E-state index >= 15 is 0 Å². The molecule has 1 aromatic rings. The minimum atomic E-state index is -0.287. The van der Waals surface area contributed by atoms with Crippen LogP contribution in [0.2, 0.25) is 0 Å². The molecule has 5 heteroatoms. The van der Waals surface area contributed by atoms with Crippen molar-refractivity contribution in [1.29, 1.82) is 0 Å². The lowest BCUT2D eigenvalue weighted by Gasteiger charge is -2.56. The Morgan fingerprint density at radius 2 is 2.30 bits per heavy atom. The number of aliphatic hydroxyl groups is 1. The molecule has 2 heterocycles. The maximum Gasteiger partial charge on any atom is 0.257 e. The fourth-order valence-electron chi connectivity index (χ4n) is 3.51. The number of carbonyl (C=O) groups excluding carboxylic acids is 1. The summed E-state index contributed by atoms with van der Waals surface area (Å²) in [6, 6.07) is 1.69. The predicted octanol–water partition coefficient (Wildman–Crippen LogP) is 1.67. The monoisotopic (exact) mass is 279 g/mol. The largest absolute Gasteiger partial charge is 0.472 e. The van der Waals surface area contributed by atoms with Crippen molar-refractivity contribution in [3.8, 4) is 0 Å². The molecule has 0 aromatic carbocycles. The average molecular weight is 279 g/mol. The molecule has 1 saturated carbocycles. The van der Waals surface area contributed by atoms with Gasteiger partial charge < -0.3 is 19.2 Å². The van der Waals surface area contributed by atoms with Crippen LogP contribution in [-0.2, 0) is 4.74 Å². The normalized spacial score (nSPS) is 28.4. The summed E-state index contributed by atoms with van der Waals surface area (Å²) in [7, 11) is 0. The molecule has 20 heavy (non-hydrogen) atoms. The Hall–Kier alpha value is -1.33. The minimum absolute atomic E-state index is 0.00960. The number of rotatable bonds is 3. The molecule has 2 aliphatic rings. The van der Waals surface area contributed by atoms with Crippen molar-refractivity contribution in [2.24, 2.45) is 5.41 Å². The van der Waals surface area contributed by atoms with E-state index in [-0.39, 0.29) is 23.5 Å². The second kappa shape index (κ2) is 5.22. The number of hydrogen-bond acceptors (Lipinski definition) is 4. The van der Waals surface area contributed by atoms with E-state index in [2.05, 4.69) is 0 Å². The first-order chi connectivity index (χ1) is 9.67. The Bertz CT molecular complexity index is 460. The summed E-state index contributed by atoms with van der Waals surface area (Å²) in [6.45, 7) is 4.00. The molecule has 1 amide bonds. The van der Waals surface area contributed by atoms with E-state index < -0.39 is 0 Å². The molecule has 1 N–H and O–H groups in total. The lowest BCUT2D eigenvalue weighted by molar-refractivity contribution is -0.207. The Labute approximate surface area is 118 Å². The van der Waals surface area contributed by atoms with Gasteiger partial charge in [-0.1, -0.05) is 0 Å². The highest BCUT2D eigenvalue weighted by atomic mass is 16.5. The third kappa shape index (κ3) is 2.05. The van der Waals surface area contributed by atoms with Crippen molar-refractivity contribution in [1.82, 2.24) is 4.90 Å². The Kier molecular flexibility index (Phi) is 3.56. The molecule has 5 nitrogen and oxygen atoms in total. The third-order valence-corrected chi connectivity index (χ3v) is 4.86. The molecule has 1 aliphatic carbocycles. The van der Waals surface area contributed by atoms with E-state index in [1.54, 1.807) is 6.07 Å². The zero-order chi connectivity index (χ0) is 14.2. The predicted molar refractivity (Wildman–Crippen MR) is 72.3 cm³/mol. The van der Waals surface area contributed by atoms with Gasteiger partial charge in [-0.2, -0.15) is 0 Å². The molecule has 1 aromatic heterocycles. The Morgan fingerprint density at radius 1 is 1.55 bits per heavy atom. The van der Waals surface area contributed by atoms with E-state index in [0.717, 1.165) is 19.3 Å². The standard InChI is InChI=1S/C15H21NO4/c1-2-20-13-9-12(17)15(13)4-6-16(7-5-15)14(18)11-3-8-19-10-11/h3,8,10,12-13,17H,2,4-7,9H2,1H3.